The zero-order valence-corrected chi connectivity index (χ0v) is 13.2. The summed E-state index contributed by atoms with van der Waals surface area (Å²) in [6.07, 6.45) is 6.08. The third-order valence-electron chi connectivity index (χ3n) is 4.84. The summed E-state index contributed by atoms with van der Waals surface area (Å²) in [6.45, 7) is 6.58. The number of carbonyl (C=O) groups is 1. The van der Waals surface area contributed by atoms with Crippen molar-refractivity contribution in [2.45, 2.75) is 51.0 Å². The van der Waals surface area contributed by atoms with Crippen LogP contribution in [0.3, 0.4) is 0 Å². The van der Waals surface area contributed by atoms with Gasteiger partial charge in [0.2, 0.25) is 5.91 Å². The Bertz CT molecular complexity index is 378. The molecule has 2 fully saturated rings. The van der Waals surface area contributed by atoms with Crippen LogP contribution in [0.2, 0.25) is 0 Å². The van der Waals surface area contributed by atoms with Gasteiger partial charge in [0, 0.05) is 6.54 Å². The topological polar surface area (TPSA) is 68.2 Å². The molecule has 1 heterocycles. The molecule has 0 aromatic carbocycles. The van der Waals surface area contributed by atoms with E-state index in [9.17, 15) is 10.1 Å². The number of hydrogen-bond acceptors (Lipinski definition) is 4. The smallest absolute Gasteiger partial charge is 0.235 e. The Balaban J connectivity index is 1.80. The van der Waals surface area contributed by atoms with Gasteiger partial charge in [0.25, 0.3) is 0 Å². The first-order valence-electron chi connectivity index (χ1n) is 8.33. The summed E-state index contributed by atoms with van der Waals surface area (Å²) >= 11 is 0. The first kappa shape index (κ1) is 16.3. The van der Waals surface area contributed by atoms with Gasteiger partial charge in [-0.05, 0) is 64.1 Å². The number of likely N-dealkylation sites (N-methyl/N-ethyl adjacent to an activating group) is 1. The standard InChI is InChI=1S/C16H28N4O/c1-2-20(11-14-5-9-18-10-6-14)12-15(21)19-16(13-17)7-3-4-8-16/h14,18H,2-12H2,1H3,(H,19,21). The van der Waals surface area contributed by atoms with E-state index in [1.807, 2.05) is 0 Å². The molecule has 1 amide bonds. The van der Waals surface area contributed by atoms with E-state index >= 15 is 0 Å². The Morgan fingerprint density at radius 2 is 2.05 bits per heavy atom. The number of piperidine rings is 1. The van der Waals surface area contributed by atoms with E-state index in [-0.39, 0.29) is 5.91 Å². The molecule has 1 saturated heterocycles. The van der Waals surface area contributed by atoms with Crippen molar-refractivity contribution in [3.8, 4) is 6.07 Å². The summed E-state index contributed by atoms with van der Waals surface area (Å²) in [5.74, 6) is 0.699. The minimum absolute atomic E-state index is 0.00855. The number of nitrogens with one attached hydrogen (secondary N) is 2. The highest BCUT2D eigenvalue weighted by atomic mass is 16.2. The summed E-state index contributed by atoms with van der Waals surface area (Å²) in [5, 5.41) is 15.7. The van der Waals surface area contributed by atoms with E-state index in [1.165, 1.54) is 12.8 Å². The van der Waals surface area contributed by atoms with Crippen LogP contribution in [-0.2, 0) is 4.79 Å². The van der Waals surface area contributed by atoms with Gasteiger partial charge in [-0.2, -0.15) is 5.26 Å². The van der Waals surface area contributed by atoms with Gasteiger partial charge in [-0.25, -0.2) is 0 Å². The van der Waals surface area contributed by atoms with E-state index in [0.29, 0.717) is 12.5 Å². The van der Waals surface area contributed by atoms with Crippen LogP contribution in [0.4, 0.5) is 0 Å². The van der Waals surface area contributed by atoms with Crippen molar-refractivity contribution in [2.24, 2.45) is 5.92 Å². The van der Waals surface area contributed by atoms with Crippen LogP contribution in [0, 0.1) is 17.2 Å². The molecule has 1 aliphatic heterocycles. The highest BCUT2D eigenvalue weighted by Crippen LogP contribution is 2.28. The van der Waals surface area contributed by atoms with Crippen LogP contribution in [0.15, 0.2) is 0 Å². The second-order valence-corrected chi connectivity index (χ2v) is 6.47. The van der Waals surface area contributed by atoms with E-state index in [4.69, 9.17) is 0 Å². The zero-order valence-electron chi connectivity index (χ0n) is 13.2. The van der Waals surface area contributed by atoms with Crippen LogP contribution in [0.25, 0.3) is 0 Å². The lowest BCUT2D eigenvalue weighted by Gasteiger charge is -2.30. The molecule has 0 radical (unpaired) electrons. The fourth-order valence-corrected chi connectivity index (χ4v) is 3.49. The predicted molar refractivity (Wildman–Crippen MR) is 82.7 cm³/mol. The fourth-order valence-electron chi connectivity index (χ4n) is 3.49. The molecule has 0 spiro atoms. The maximum absolute atomic E-state index is 12.3. The third kappa shape index (κ3) is 4.69. The van der Waals surface area contributed by atoms with Gasteiger partial charge in [-0.3, -0.25) is 9.69 Å². The molecule has 21 heavy (non-hydrogen) atoms. The fraction of sp³-hybridized carbons (Fsp3) is 0.875. The Labute approximate surface area is 128 Å². The Morgan fingerprint density at radius 3 is 2.62 bits per heavy atom. The average molecular weight is 292 g/mol. The lowest BCUT2D eigenvalue weighted by Crippen LogP contribution is -2.49. The van der Waals surface area contributed by atoms with Crippen molar-refractivity contribution in [3.05, 3.63) is 0 Å². The normalized spacial score (nSPS) is 22.1. The number of carbonyl (C=O) groups excluding carboxylic acids is 1. The summed E-state index contributed by atoms with van der Waals surface area (Å²) in [5.41, 5.74) is -0.592. The molecule has 5 nitrogen and oxygen atoms in total. The maximum Gasteiger partial charge on any atom is 0.235 e. The van der Waals surface area contributed by atoms with Crippen LogP contribution in [0.5, 0.6) is 0 Å². The first-order valence-corrected chi connectivity index (χ1v) is 8.33. The highest BCUT2D eigenvalue weighted by molar-refractivity contribution is 5.79. The first-order chi connectivity index (χ1) is 10.2. The second kappa shape index (κ2) is 7.77. The zero-order chi connectivity index (χ0) is 15.1. The molecule has 118 valence electrons. The lowest BCUT2D eigenvalue weighted by molar-refractivity contribution is -0.123. The number of rotatable bonds is 6. The van der Waals surface area contributed by atoms with Crippen LogP contribution >= 0.6 is 0 Å². The molecule has 2 aliphatic rings. The lowest BCUT2D eigenvalue weighted by atomic mass is 9.97. The maximum atomic E-state index is 12.3. The molecule has 0 bridgehead atoms. The Morgan fingerprint density at radius 1 is 1.38 bits per heavy atom. The SMILES string of the molecule is CCN(CC(=O)NC1(C#N)CCCC1)CC1CCNCC1. The van der Waals surface area contributed by atoms with Crippen molar-refractivity contribution in [1.29, 1.82) is 5.26 Å². The molecule has 0 atom stereocenters. The Kier molecular flexibility index (Phi) is 6.01. The second-order valence-electron chi connectivity index (χ2n) is 6.47. The molecule has 2 N–H and O–H groups in total. The van der Waals surface area contributed by atoms with Crippen LogP contribution < -0.4 is 10.6 Å². The molecular weight excluding hydrogens is 264 g/mol. The number of nitrogens with zero attached hydrogens (tertiary/aromatic N) is 2. The number of amides is 1. The quantitative estimate of drug-likeness (QED) is 0.773. The minimum atomic E-state index is -0.592. The van der Waals surface area contributed by atoms with Crippen molar-refractivity contribution in [1.82, 2.24) is 15.5 Å². The monoisotopic (exact) mass is 292 g/mol. The van der Waals surface area contributed by atoms with Gasteiger partial charge in [-0.1, -0.05) is 6.92 Å². The molecule has 1 aliphatic carbocycles. The van der Waals surface area contributed by atoms with Gasteiger partial charge in [0.15, 0.2) is 0 Å². The van der Waals surface area contributed by atoms with Crippen molar-refractivity contribution in [2.75, 3.05) is 32.7 Å². The van der Waals surface area contributed by atoms with Gasteiger partial charge < -0.3 is 10.6 Å². The van der Waals surface area contributed by atoms with Crippen molar-refractivity contribution in [3.63, 3.8) is 0 Å². The molecule has 0 aromatic heterocycles. The number of nitriles is 1. The molecule has 0 unspecified atom stereocenters. The molecular formula is C16H28N4O. The van der Waals surface area contributed by atoms with E-state index in [0.717, 1.165) is 51.9 Å². The van der Waals surface area contributed by atoms with Crippen LogP contribution in [-0.4, -0.2) is 49.1 Å². The van der Waals surface area contributed by atoms with Gasteiger partial charge in [0.05, 0.1) is 12.6 Å². The Hall–Kier alpha value is -1.12. The van der Waals surface area contributed by atoms with Crippen molar-refractivity contribution >= 4 is 5.91 Å². The highest BCUT2D eigenvalue weighted by Gasteiger charge is 2.35. The van der Waals surface area contributed by atoms with E-state index < -0.39 is 5.54 Å². The van der Waals surface area contributed by atoms with Gasteiger partial charge in [0.1, 0.15) is 5.54 Å². The van der Waals surface area contributed by atoms with E-state index in [2.05, 4.69) is 28.5 Å². The van der Waals surface area contributed by atoms with Gasteiger partial charge >= 0.3 is 0 Å². The average Bonchev–Trinajstić information content (AvgIpc) is 2.96. The molecule has 1 saturated carbocycles. The van der Waals surface area contributed by atoms with Crippen LogP contribution in [0.1, 0.15) is 45.4 Å². The predicted octanol–water partition coefficient (Wildman–Crippen LogP) is 1.26. The molecule has 0 aromatic rings. The minimum Gasteiger partial charge on any atom is -0.337 e. The summed E-state index contributed by atoms with van der Waals surface area (Å²) in [4.78, 5) is 14.5. The molecule has 2 rings (SSSR count). The van der Waals surface area contributed by atoms with Crippen molar-refractivity contribution < 1.29 is 4.79 Å². The third-order valence-corrected chi connectivity index (χ3v) is 4.84. The summed E-state index contributed by atoms with van der Waals surface area (Å²) in [7, 11) is 0. The number of hydrogen-bond donors (Lipinski definition) is 2. The summed E-state index contributed by atoms with van der Waals surface area (Å²) in [6, 6.07) is 2.32. The largest absolute Gasteiger partial charge is 0.337 e. The summed E-state index contributed by atoms with van der Waals surface area (Å²) < 4.78 is 0. The van der Waals surface area contributed by atoms with Gasteiger partial charge in [-0.15, -0.1) is 0 Å². The van der Waals surface area contributed by atoms with E-state index in [1.54, 1.807) is 0 Å². The molecule has 5 heteroatoms.